The van der Waals surface area contributed by atoms with Gasteiger partial charge < -0.3 is 24.8 Å². The number of fused-ring (bicyclic) bond motifs is 1. The van der Waals surface area contributed by atoms with Crippen molar-refractivity contribution in [1.82, 2.24) is 25.4 Å². The molecule has 1 atom stereocenters. The Hall–Kier alpha value is -2.81. The van der Waals surface area contributed by atoms with Crippen LogP contribution in [-0.2, 0) is 30.9 Å². The van der Waals surface area contributed by atoms with E-state index >= 15 is 0 Å². The first-order chi connectivity index (χ1) is 13.7. The van der Waals surface area contributed by atoms with Crippen LogP contribution in [-0.4, -0.2) is 55.1 Å². The quantitative estimate of drug-likeness (QED) is 0.542. The molecular weight excluding hydrogens is 360 g/mol. The maximum Gasteiger partial charge on any atom is 0.191 e. The highest BCUT2D eigenvalue weighted by atomic mass is 16.5. The number of nitrogens with zero attached hydrogens (tertiary/aromatic N) is 4. The number of aryl methyl sites for hydroxylation is 1. The van der Waals surface area contributed by atoms with Crippen molar-refractivity contribution >= 4 is 5.96 Å². The highest BCUT2D eigenvalue weighted by molar-refractivity contribution is 5.80. The van der Waals surface area contributed by atoms with Crippen molar-refractivity contribution in [1.29, 1.82) is 0 Å². The number of methoxy groups -OCH3 is 3. The summed E-state index contributed by atoms with van der Waals surface area (Å²) in [7, 11) is 6.68. The Labute approximate surface area is 165 Å². The van der Waals surface area contributed by atoms with Gasteiger partial charge in [0.2, 0.25) is 0 Å². The number of aromatic nitrogens is 3. The van der Waals surface area contributed by atoms with E-state index in [0.717, 1.165) is 42.6 Å². The first-order valence-corrected chi connectivity index (χ1v) is 9.26. The van der Waals surface area contributed by atoms with Crippen molar-refractivity contribution < 1.29 is 14.2 Å². The van der Waals surface area contributed by atoms with Crippen molar-refractivity contribution in [2.24, 2.45) is 4.99 Å². The van der Waals surface area contributed by atoms with Crippen LogP contribution in [0.15, 0.2) is 23.2 Å². The molecule has 0 saturated carbocycles. The molecule has 2 heterocycles. The molecule has 1 aliphatic rings. The average molecular weight is 388 g/mol. The van der Waals surface area contributed by atoms with Gasteiger partial charge in [-0.15, -0.1) is 0 Å². The summed E-state index contributed by atoms with van der Waals surface area (Å²) >= 11 is 0. The summed E-state index contributed by atoms with van der Waals surface area (Å²) < 4.78 is 17.7. The standard InChI is InChI=1S/C19H28N6O3/c1-20-19(21-10-13-5-7-15(27-3)16(9-13)28-4)22-14-6-8-18-23-17(12-26-2)24-25(18)11-14/h5,7,9,14H,6,8,10-12H2,1-4H3,(H2,20,21,22). The van der Waals surface area contributed by atoms with E-state index in [0.29, 0.717) is 24.7 Å². The highest BCUT2D eigenvalue weighted by Gasteiger charge is 2.22. The highest BCUT2D eigenvalue weighted by Crippen LogP contribution is 2.27. The topological polar surface area (TPSA) is 94.8 Å². The molecule has 0 amide bonds. The lowest BCUT2D eigenvalue weighted by Crippen LogP contribution is -2.46. The molecule has 0 bridgehead atoms. The summed E-state index contributed by atoms with van der Waals surface area (Å²) in [6.07, 6.45) is 1.85. The van der Waals surface area contributed by atoms with Gasteiger partial charge in [-0.1, -0.05) is 6.07 Å². The molecule has 0 fully saturated rings. The normalized spacial score (nSPS) is 16.4. The largest absolute Gasteiger partial charge is 0.493 e. The van der Waals surface area contributed by atoms with E-state index < -0.39 is 0 Å². The van der Waals surface area contributed by atoms with Gasteiger partial charge in [0, 0.05) is 33.2 Å². The number of guanidine groups is 1. The van der Waals surface area contributed by atoms with E-state index in [1.54, 1.807) is 28.4 Å². The molecule has 9 heteroatoms. The molecule has 2 aromatic rings. The van der Waals surface area contributed by atoms with Crippen LogP contribution in [0.1, 0.15) is 23.6 Å². The van der Waals surface area contributed by atoms with Crippen molar-refractivity contribution in [2.45, 2.75) is 38.6 Å². The lowest BCUT2D eigenvalue weighted by molar-refractivity contribution is 0.177. The number of ether oxygens (including phenoxy) is 3. The summed E-state index contributed by atoms with van der Waals surface area (Å²) in [5, 5.41) is 11.3. The monoisotopic (exact) mass is 388 g/mol. The van der Waals surface area contributed by atoms with E-state index in [-0.39, 0.29) is 6.04 Å². The van der Waals surface area contributed by atoms with Crippen LogP contribution >= 0.6 is 0 Å². The number of benzene rings is 1. The van der Waals surface area contributed by atoms with E-state index in [4.69, 9.17) is 14.2 Å². The van der Waals surface area contributed by atoms with Gasteiger partial charge in [0.1, 0.15) is 12.4 Å². The molecule has 152 valence electrons. The lowest BCUT2D eigenvalue weighted by Gasteiger charge is -2.25. The van der Waals surface area contributed by atoms with E-state index in [1.165, 1.54) is 0 Å². The van der Waals surface area contributed by atoms with Crippen LogP contribution < -0.4 is 20.1 Å². The van der Waals surface area contributed by atoms with Crippen molar-refractivity contribution in [3.05, 3.63) is 35.4 Å². The minimum atomic E-state index is 0.237. The van der Waals surface area contributed by atoms with Gasteiger partial charge in [0.05, 0.1) is 20.8 Å². The van der Waals surface area contributed by atoms with Gasteiger partial charge >= 0.3 is 0 Å². The molecule has 1 aliphatic heterocycles. The van der Waals surface area contributed by atoms with E-state index in [2.05, 4.69) is 25.7 Å². The average Bonchev–Trinajstić information content (AvgIpc) is 3.12. The molecule has 28 heavy (non-hydrogen) atoms. The fourth-order valence-corrected chi connectivity index (χ4v) is 3.23. The predicted octanol–water partition coefficient (Wildman–Crippen LogP) is 1.12. The number of hydrogen-bond acceptors (Lipinski definition) is 6. The Morgan fingerprint density at radius 3 is 2.79 bits per heavy atom. The zero-order valence-corrected chi connectivity index (χ0v) is 16.9. The van der Waals surface area contributed by atoms with Gasteiger partial charge in [-0.2, -0.15) is 5.10 Å². The molecule has 0 spiro atoms. The summed E-state index contributed by atoms with van der Waals surface area (Å²) in [5.41, 5.74) is 1.08. The Balaban J connectivity index is 1.56. The molecule has 0 saturated heterocycles. The molecule has 0 radical (unpaired) electrons. The van der Waals surface area contributed by atoms with Crippen molar-refractivity contribution in [3.63, 3.8) is 0 Å². The molecule has 1 aromatic heterocycles. The van der Waals surface area contributed by atoms with Gasteiger partial charge in [0.25, 0.3) is 0 Å². The van der Waals surface area contributed by atoms with Crippen LogP contribution in [0.3, 0.4) is 0 Å². The summed E-state index contributed by atoms with van der Waals surface area (Å²) in [5.74, 6) is 3.92. The van der Waals surface area contributed by atoms with Crippen LogP contribution in [0.4, 0.5) is 0 Å². The fourth-order valence-electron chi connectivity index (χ4n) is 3.23. The van der Waals surface area contributed by atoms with Gasteiger partial charge in [-0.05, 0) is 24.1 Å². The van der Waals surface area contributed by atoms with E-state index in [9.17, 15) is 0 Å². The predicted molar refractivity (Wildman–Crippen MR) is 106 cm³/mol. The maximum absolute atomic E-state index is 5.36. The van der Waals surface area contributed by atoms with Crippen LogP contribution in [0, 0.1) is 0 Å². The van der Waals surface area contributed by atoms with Crippen LogP contribution in [0.2, 0.25) is 0 Å². The Kier molecular flexibility index (Phi) is 6.70. The van der Waals surface area contributed by atoms with Crippen molar-refractivity contribution in [3.8, 4) is 11.5 Å². The van der Waals surface area contributed by atoms with Gasteiger partial charge in [-0.25, -0.2) is 9.67 Å². The van der Waals surface area contributed by atoms with Crippen LogP contribution in [0.5, 0.6) is 11.5 Å². The number of hydrogen-bond donors (Lipinski definition) is 2. The van der Waals surface area contributed by atoms with Crippen LogP contribution in [0.25, 0.3) is 0 Å². The first-order valence-electron chi connectivity index (χ1n) is 9.26. The molecule has 1 unspecified atom stereocenters. The Morgan fingerprint density at radius 2 is 2.07 bits per heavy atom. The van der Waals surface area contributed by atoms with Gasteiger partial charge in [-0.3, -0.25) is 4.99 Å². The first kappa shape index (κ1) is 19.9. The number of aliphatic imine (C=N–C) groups is 1. The zero-order chi connectivity index (χ0) is 19.9. The third-order valence-electron chi connectivity index (χ3n) is 4.65. The maximum atomic E-state index is 5.36. The number of rotatable bonds is 7. The third-order valence-corrected chi connectivity index (χ3v) is 4.65. The second kappa shape index (κ2) is 9.41. The minimum Gasteiger partial charge on any atom is -0.493 e. The van der Waals surface area contributed by atoms with Gasteiger partial charge in [0.15, 0.2) is 23.3 Å². The zero-order valence-electron chi connectivity index (χ0n) is 16.9. The van der Waals surface area contributed by atoms with Crippen molar-refractivity contribution in [2.75, 3.05) is 28.4 Å². The Bertz CT molecular complexity index is 820. The van der Waals surface area contributed by atoms with E-state index in [1.807, 2.05) is 22.9 Å². The number of nitrogens with one attached hydrogen (secondary N) is 2. The molecule has 2 N–H and O–H groups in total. The SMILES string of the molecule is CN=C(NCc1ccc(OC)c(OC)c1)NC1CCc2nc(COC)nn2C1. The molecular formula is C19H28N6O3. The minimum absolute atomic E-state index is 0.237. The Morgan fingerprint density at radius 1 is 1.25 bits per heavy atom. The summed E-state index contributed by atoms with van der Waals surface area (Å²) in [6, 6.07) is 6.10. The second-order valence-electron chi connectivity index (χ2n) is 6.55. The molecule has 1 aromatic carbocycles. The second-order valence-corrected chi connectivity index (χ2v) is 6.55. The summed E-state index contributed by atoms with van der Waals surface area (Å²) in [6.45, 7) is 1.81. The summed E-state index contributed by atoms with van der Waals surface area (Å²) in [4.78, 5) is 8.85. The molecule has 0 aliphatic carbocycles. The fraction of sp³-hybridized carbons (Fsp3) is 0.526. The third kappa shape index (κ3) is 4.72. The molecule has 3 rings (SSSR count). The smallest absolute Gasteiger partial charge is 0.191 e. The molecule has 9 nitrogen and oxygen atoms in total. The lowest BCUT2D eigenvalue weighted by atomic mass is 10.1.